The highest BCUT2D eigenvalue weighted by molar-refractivity contribution is 6.30. The van der Waals surface area contributed by atoms with E-state index in [1.807, 2.05) is 66.5 Å². The van der Waals surface area contributed by atoms with Gasteiger partial charge < -0.3 is 4.90 Å². The molecule has 1 aliphatic heterocycles. The molecule has 0 aliphatic carbocycles. The minimum absolute atomic E-state index is 0.167. The van der Waals surface area contributed by atoms with Crippen molar-refractivity contribution in [3.05, 3.63) is 101 Å². The third kappa shape index (κ3) is 3.44. The molecule has 0 unspecified atom stereocenters. The van der Waals surface area contributed by atoms with E-state index in [9.17, 15) is 4.79 Å². The van der Waals surface area contributed by atoms with Crippen LogP contribution >= 0.6 is 11.6 Å². The van der Waals surface area contributed by atoms with E-state index in [0.717, 1.165) is 22.5 Å². The lowest BCUT2D eigenvalue weighted by Crippen LogP contribution is -2.35. The van der Waals surface area contributed by atoms with Gasteiger partial charge in [0, 0.05) is 34.4 Å². The van der Waals surface area contributed by atoms with Gasteiger partial charge in [0.25, 0.3) is 5.91 Å². The van der Waals surface area contributed by atoms with Crippen LogP contribution in [0.3, 0.4) is 0 Å². The summed E-state index contributed by atoms with van der Waals surface area (Å²) in [5.41, 5.74) is 4.33. The lowest BCUT2D eigenvalue weighted by molar-refractivity contribution is 0.0764. The predicted octanol–water partition coefficient (Wildman–Crippen LogP) is 4.64. The Kier molecular flexibility index (Phi) is 4.65. The molecular weight excluding hydrogens is 358 g/mol. The quantitative estimate of drug-likeness (QED) is 0.654. The SMILES string of the molecule is CN1CN(C(=O)c2ccc(Cl)cc2)N=C(c2ccccc2)c2ccccc21. The molecule has 0 saturated heterocycles. The Bertz CT molecular complexity index is 1000. The van der Waals surface area contributed by atoms with Crippen LogP contribution in [0.5, 0.6) is 0 Å². The smallest absolute Gasteiger partial charge is 0.275 e. The molecule has 0 bridgehead atoms. The van der Waals surface area contributed by atoms with Gasteiger partial charge in [-0.15, -0.1) is 0 Å². The van der Waals surface area contributed by atoms with Crippen LogP contribution in [-0.2, 0) is 0 Å². The van der Waals surface area contributed by atoms with Crippen molar-refractivity contribution >= 4 is 28.9 Å². The van der Waals surface area contributed by atoms with Crippen molar-refractivity contribution in [2.45, 2.75) is 0 Å². The van der Waals surface area contributed by atoms with Gasteiger partial charge in [-0.3, -0.25) is 4.79 Å². The van der Waals surface area contributed by atoms with E-state index < -0.39 is 0 Å². The van der Waals surface area contributed by atoms with E-state index in [1.54, 1.807) is 24.3 Å². The van der Waals surface area contributed by atoms with Crippen LogP contribution in [0.25, 0.3) is 0 Å². The minimum atomic E-state index is -0.167. The van der Waals surface area contributed by atoms with Crippen LogP contribution in [0.4, 0.5) is 5.69 Å². The van der Waals surface area contributed by atoms with Crippen molar-refractivity contribution in [3.8, 4) is 0 Å². The molecule has 134 valence electrons. The Morgan fingerprint density at radius 1 is 0.926 bits per heavy atom. The first-order valence-electron chi connectivity index (χ1n) is 8.65. The van der Waals surface area contributed by atoms with Crippen LogP contribution in [0.1, 0.15) is 21.5 Å². The Balaban J connectivity index is 1.82. The summed E-state index contributed by atoms with van der Waals surface area (Å²) in [6.07, 6.45) is 0. The monoisotopic (exact) mass is 375 g/mol. The zero-order chi connectivity index (χ0) is 18.8. The number of nitrogens with zero attached hydrogens (tertiary/aromatic N) is 3. The summed E-state index contributed by atoms with van der Waals surface area (Å²) in [6, 6.07) is 24.9. The fraction of sp³-hybridized carbons (Fsp3) is 0.0909. The largest absolute Gasteiger partial charge is 0.355 e. The Hall–Kier alpha value is -3.11. The third-order valence-corrected chi connectivity index (χ3v) is 4.76. The van der Waals surface area contributed by atoms with Gasteiger partial charge in [-0.1, -0.05) is 60.1 Å². The number of anilines is 1. The number of benzene rings is 3. The highest BCUT2D eigenvalue weighted by Crippen LogP contribution is 2.27. The average Bonchev–Trinajstić information content (AvgIpc) is 2.86. The van der Waals surface area contributed by atoms with E-state index in [0.29, 0.717) is 17.3 Å². The first-order chi connectivity index (χ1) is 13.1. The lowest BCUT2D eigenvalue weighted by Gasteiger charge is -2.24. The molecule has 1 heterocycles. The number of hydrogen-bond donors (Lipinski definition) is 0. The molecule has 0 fully saturated rings. The minimum Gasteiger partial charge on any atom is -0.355 e. The van der Waals surface area contributed by atoms with Crippen LogP contribution in [0.2, 0.25) is 5.02 Å². The van der Waals surface area contributed by atoms with Gasteiger partial charge >= 0.3 is 0 Å². The van der Waals surface area contributed by atoms with Gasteiger partial charge in [0.1, 0.15) is 12.4 Å². The predicted molar refractivity (Wildman–Crippen MR) is 109 cm³/mol. The second-order valence-corrected chi connectivity index (χ2v) is 6.82. The number of para-hydroxylation sites is 1. The van der Waals surface area contributed by atoms with Crippen molar-refractivity contribution < 1.29 is 4.79 Å². The standard InChI is InChI=1S/C22H18ClN3O/c1-25-15-26(22(27)17-11-13-18(23)14-12-17)24-21(16-7-3-2-4-8-16)19-9-5-6-10-20(19)25/h2-14H,15H2,1H3. The summed E-state index contributed by atoms with van der Waals surface area (Å²) < 4.78 is 0. The van der Waals surface area contributed by atoms with E-state index in [-0.39, 0.29) is 5.91 Å². The molecular formula is C22H18ClN3O. The fourth-order valence-electron chi connectivity index (χ4n) is 3.15. The van der Waals surface area contributed by atoms with E-state index >= 15 is 0 Å². The molecule has 4 rings (SSSR count). The number of amides is 1. The second-order valence-electron chi connectivity index (χ2n) is 6.38. The van der Waals surface area contributed by atoms with Crippen molar-refractivity contribution in [2.75, 3.05) is 18.6 Å². The highest BCUT2D eigenvalue weighted by Gasteiger charge is 2.25. The zero-order valence-electron chi connectivity index (χ0n) is 14.8. The number of carbonyl (C=O) groups excluding carboxylic acids is 1. The van der Waals surface area contributed by atoms with Gasteiger partial charge in [-0.2, -0.15) is 5.10 Å². The van der Waals surface area contributed by atoms with Crippen LogP contribution in [0.15, 0.2) is 84.0 Å². The molecule has 0 atom stereocenters. The molecule has 27 heavy (non-hydrogen) atoms. The number of hydrazone groups is 1. The molecule has 0 N–H and O–H groups in total. The summed E-state index contributed by atoms with van der Waals surface area (Å²) in [5, 5.41) is 6.87. The summed E-state index contributed by atoms with van der Waals surface area (Å²) >= 11 is 5.95. The summed E-state index contributed by atoms with van der Waals surface area (Å²) in [6.45, 7) is 0.356. The first-order valence-corrected chi connectivity index (χ1v) is 9.03. The average molecular weight is 376 g/mol. The Morgan fingerprint density at radius 3 is 2.33 bits per heavy atom. The summed E-state index contributed by atoms with van der Waals surface area (Å²) in [4.78, 5) is 15.1. The normalized spacial score (nSPS) is 13.6. The second kappa shape index (κ2) is 7.25. The first kappa shape index (κ1) is 17.3. The number of rotatable bonds is 2. The molecule has 5 heteroatoms. The number of carbonyl (C=O) groups is 1. The van der Waals surface area contributed by atoms with Gasteiger partial charge in [-0.25, -0.2) is 5.01 Å². The maximum Gasteiger partial charge on any atom is 0.275 e. The molecule has 4 nitrogen and oxygen atoms in total. The molecule has 0 saturated carbocycles. The van der Waals surface area contributed by atoms with E-state index in [1.165, 1.54) is 5.01 Å². The summed E-state index contributed by atoms with van der Waals surface area (Å²) in [7, 11) is 1.96. The van der Waals surface area contributed by atoms with Crippen LogP contribution in [-0.4, -0.2) is 30.3 Å². The maximum absolute atomic E-state index is 13.1. The molecule has 1 amide bonds. The molecule has 3 aromatic rings. The molecule has 0 aromatic heterocycles. The molecule has 0 radical (unpaired) electrons. The van der Waals surface area contributed by atoms with Gasteiger partial charge in [0.2, 0.25) is 0 Å². The lowest BCUT2D eigenvalue weighted by atomic mass is 10.0. The van der Waals surface area contributed by atoms with Crippen molar-refractivity contribution in [1.82, 2.24) is 5.01 Å². The Morgan fingerprint density at radius 2 is 1.59 bits per heavy atom. The highest BCUT2D eigenvalue weighted by atomic mass is 35.5. The topological polar surface area (TPSA) is 35.9 Å². The number of halogens is 1. The van der Waals surface area contributed by atoms with Gasteiger partial charge in [0.05, 0.1) is 0 Å². The third-order valence-electron chi connectivity index (χ3n) is 4.51. The number of hydrogen-bond acceptors (Lipinski definition) is 3. The Labute approximate surface area is 163 Å². The maximum atomic E-state index is 13.1. The summed E-state index contributed by atoms with van der Waals surface area (Å²) in [5.74, 6) is -0.167. The van der Waals surface area contributed by atoms with E-state index in [2.05, 4.69) is 0 Å². The molecule has 3 aromatic carbocycles. The van der Waals surface area contributed by atoms with Gasteiger partial charge in [-0.05, 0) is 30.3 Å². The molecule has 0 spiro atoms. The van der Waals surface area contributed by atoms with Crippen molar-refractivity contribution in [1.29, 1.82) is 0 Å². The molecule has 1 aliphatic rings. The van der Waals surface area contributed by atoms with Crippen LogP contribution < -0.4 is 4.90 Å². The van der Waals surface area contributed by atoms with Gasteiger partial charge in [0.15, 0.2) is 0 Å². The van der Waals surface area contributed by atoms with Crippen molar-refractivity contribution in [3.63, 3.8) is 0 Å². The number of fused-ring (bicyclic) bond motifs is 1. The van der Waals surface area contributed by atoms with Crippen molar-refractivity contribution in [2.24, 2.45) is 5.10 Å². The van der Waals surface area contributed by atoms with Crippen LogP contribution in [0, 0.1) is 0 Å². The van der Waals surface area contributed by atoms with E-state index in [4.69, 9.17) is 16.7 Å². The fourth-order valence-corrected chi connectivity index (χ4v) is 3.28. The zero-order valence-corrected chi connectivity index (χ0v) is 15.6.